The molecular weight excluding hydrogens is 276 g/mol. The Hall–Kier alpha value is -2.93. The molecule has 0 saturated heterocycles. The third-order valence-electron chi connectivity index (χ3n) is 3.12. The van der Waals surface area contributed by atoms with Gasteiger partial charge in [-0.25, -0.2) is 0 Å². The second kappa shape index (κ2) is 4.57. The summed E-state index contributed by atoms with van der Waals surface area (Å²) >= 11 is 0. The van der Waals surface area contributed by atoms with Crippen LogP contribution in [0.2, 0.25) is 0 Å². The van der Waals surface area contributed by atoms with Gasteiger partial charge in [-0.1, -0.05) is 30.3 Å². The van der Waals surface area contributed by atoms with Gasteiger partial charge in [-0.3, -0.25) is 20.2 Å². The average Bonchev–Trinajstić information content (AvgIpc) is 2.47. The smallest absolute Gasteiger partial charge is 0.320 e. The van der Waals surface area contributed by atoms with Gasteiger partial charge in [0.2, 0.25) is 0 Å². The number of benzene rings is 2. The lowest BCUT2D eigenvalue weighted by Gasteiger charge is -2.34. The zero-order chi connectivity index (χ0) is 15.0. The first kappa shape index (κ1) is 13.1. The van der Waals surface area contributed by atoms with E-state index in [-0.39, 0.29) is 17.0 Å². The van der Waals surface area contributed by atoms with Gasteiger partial charge in [0, 0.05) is 17.7 Å². The number of ether oxygens (including phenoxy) is 1. The van der Waals surface area contributed by atoms with Crippen molar-refractivity contribution in [2.45, 2.75) is 5.91 Å². The number of nitrogens with one attached hydrogen (secondary N) is 1. The number of nitro benzene ring substituents is 1. The lowest BCUT2D eigenvalue weighted by Crippen LogP contribution is -2.53. The fraction of sp³-hybridized carbons (Fsp3) is 0.0714. The molecule has 0 spiro atoms. The summed E-state index contributed by atoms with van der Waals surface area (Å²) < 4.78 is 5.41. The minimum atomic E-state index is -2.00. The highest BCUT2D eigenvalue weighted by Crippen LogP contribution is 2.33. The molecule has 1 heterocycles. The van der Waals surface area contributed by atoms with Crippen LogP contribution in [0.25, 0.3) is 0 Å². The molecule has 1 amide bonds. The van der Waals surface area contributed by atoms with E-state index in [1.165, 1.54) is 12.1 Å². The van der Waals surface area contributed by atoms with Crippen LogP contribution in [0.15, 0.2) is 48.5 Å². The van der Waals surface area contributed by atoms with Crippen molar-refractivity contribution in [3.63, 3.8) is 0 Å². The predicted octanol–water partition coefficient (Wildman–Crippen LogP) is 1.52. The van der Waals surface area contributed by atoms with Gasteiger partial charge in [0.25, 0.3) is 11.6 Å². The Morgan fingerprint density at radius 3 is 2.57 bits per heavy atom. The number of hydrogen-bond donors (Lipinski definition) is 2. The van der Waals surface area contributed by atoms with Gasteiger partial charge < -0.3 is 9.84 Å². The summed E-state index contributed by atoms with van der Waals surface area (Å²) in [4.78, 5) is 22.2. The topological polar surface area (TPSA) is 102 Å². The van der Waals surface area contributed by atoms with Crippen LogP contribution in [0.1, 0.15) is 15.9 Å². The Balaban J connectivity index is 2.04. The van der Waals surface area contributed by atoms with E-state index in [4.69, 9.17) is 4.74 Å². The maximum absolute atomic E-state index is 12.1. The number of carbonyl (C=O) groups is 1. The standard InChI is InChI=1S/C14H10N2O5/c17-13-11-8-10(16(19)20)6-7-12(11)21-14(18,15-13)9-4-2-1-3-5-9/h1-8,18H,(H,15,17). The summed E-state index contributed by atoms with van der Waals surface area (Å²) in [5, 5.41) is 23.5. The van der Waals surface area contributed by atoms with Gasteiger partial charge in [0.15, 0.2) is 0 Å². The van der Waals surface area contributed by atoms with Crippen LogP contribution in [0.4, 0.5) is 5.69 Å². The lowest BCUT2D eigenvalue weighted by molar-refractivity contribution is -0.385. The van der Waals surface area contributed by atoms with E-state index < -0.39 is 16.7 Å². The largest absolute Gasteiger partial charge is 0.440 e. The van der Waals surface area contributed by atoms with Crippen LogP contribution in [-0.4, -0.2) is 15.9 Å². The third kappa shape index (κ3) is 2.19. The third-order valence-corrected chi connectivity index (χ3v) is 3.12. The van der Waals surface area contributed by atoms with Crippen LogP contribution in [0.3, 0.4) is 0 Å². The molecule has 2 aromatic carbocycles. The van der Waals surface area contributed by atoms with Crippen molar-refractivity contribution in [1.29, 1.82) is 0 Å². The molecule has 7 heteroatoms. The van der Waals surface area contributed by atoms with Crippen LogP contribution < -0.4 is 10.1 Å². The molecule has 0 saturated carbocycles. The highest BCUT2D eigenvalue weighted by molar-refractivity contribution is 5.98. The molecule has 3 rings (SSSR count). The van der Waals surface area contributed by atoms with Crippen LogP contribution in [-0.2, 0) is 5.91 Å². The first-order chi connectivity index (χ1) is 9.99. The quantitative estimate of drug-likeness (QED) is 0.643. The highest BCUT2D eigenvalue weighted by Gasteiger charge is 2.40. The maximum atomic E-state index is 12.1. The number of nitrogens with zero attached hydrogens (tertiary/aromatic N) is 1. The normalized spacial score (nSPS) is 20.1. The number of rotatable bonds is 2. The molecule has 0 aromatic heterocycles. The summed E-state index contributed by atoms with van der Waals surface area (Å²) in [5.74, 6) is -2.57. The molecule has 106 valence electrons. The summed E-state index contributed by atoms with van der Waals surface area (Å²) in [6.45, 7) is 0. The highest BCUT2D eigenvalue weighted by atomic mass is 16.6. The predicted molar refractivity (Wildman–Crippen MR) is 71.5 cm³/mol. The summed E-state index contributed by atoms with van der Waals surface area (Å²) in [7, 11) is 0. The average molecular weight is 286 g/mol. The lowest BCUT2D eigenvalue weighted by atomic mass is 10.1. The SMILES string of the molecule is O=C1NC(O)(c2ccccc2)Oc2ccc([N+](=O)[O-])cc21. The van der Waals surface area contributed by atoms with Crippen molar-refractivity contribution >= 4 is 11.6 Å². The maximum Gasteiger partial charge on any atom is 0.320 e. The van der Waals surface area contributed by atoms with Gasteiger partial charge >= 0.3 is 5.91 Å². The molecule has 21 heavy (non-hydrogen) atoms. The Kier molecular flexibility index (Phi) is 2.84. The minimum Gasteiger partial charge on any atom is -0.440 e. The Bertz CT molecular complexity index is 731. The molecule has 0 fully saturated rings. The van der Waals surface area contributed by atoms with E-state index >= 15 is 0 Å². The van der Waals surface area contributed by atoms with Crippen molar-refractivity contribution < 1.29 is 19.6 Å². The number of non-ortho nitro benzene ring substituents is 1. The van der Waals surface area contributed by atoms with Gasteiger partial charge in [0.05, 0.1) is 10.5 Å². The number of amides is 1. The molecule has 0 radical (unpaired) electrons. The van der Waals surface area contributed by atoms with E-state index in [1.54, 1.807) is 30.3 Å². The van der Waals surface area contributed by atoms with Crippen molar-refractivity contribution in [3.8, 4) is 5.75 Å². The number of aliphatic hydroxyl groups is 1. The fourth-order valence-electron chi connectivity index (χ4n) is 2.10. The van der Waals surface area contributed by atoms with E-state index in [0.29, 0.717) is 5.56 Å². The first-order valence-corrected chi connectivity index (χ1v) is 6.07. The molecule has 1 atom stereocenters. The number of carbonyl (C=O) groups excluding carboxylic acids is 1. The monoisotopic (exact) mass is 286 g/mol. The second-order valence-electron chi connectivity index (χ2n) is 4.50. The van der Waals surface area contributed by atoms with E-state index in [1.807, 2.05) is 0 Å². The second-order valence-corrected chi connectivity index (χ2v) is 4.50. The molecule has 1 unspecified atom stereocenters. The molecule has 0 bridgehead atoms. The van der Waals surface area contributed by atoms with E-state index in [2.05, 4.69) is 5.32 Å². The molecule has 1 aliphatic heterocycles. The number of fused-ring (bicyclic) bond motifs is 1. The molecule has 0 aliphatic carbocycles. The summed E-state index contributed by atoms with van der Waals surface area (Å²) in [6, 6.07) is 11.9. The fourth-order valence-corrected chi connectivity index (χ4v) is 2.10. The first-order valence-electron chi connectivity index (χ1n) is 6.07. The van der Waals surface area contributed by atoms with Crippen molar-refractivity contribution in [2.24, 2.45) is 0 Å². The van der Waals surface area contributed by atoms with Gasteiger partial charge in [-0.2, -0.15) is 0 Å². The Morgan fingerprint density at radius 2 is 1.90 bits per heavy atom. The van der Waals surface area contributed by atoms with E-state index in [0.717, 1.165) is 6.07 Å². The summed E-state index contributed by atoms with van der Waals surface area (Å²) in [6.07, 6.45) is 0. The van der Waals surface area contributed by atoms with Crippen molar-refractivity contribution in [1.82, 2.24) is 5.32 Å². The molecule has 2 aromatic rings. The van der Waals surface area contributed by atoms with Gasteiger partial charge in [-0.15, -0.1) is 0 Å². The molecule has 1 aliphatic rings. The van der Waals surface area contributed by atoms with Crippen LogP contribution in [0, 0.1) is 10.1 Å². The molecular formula is C14H10N2O5. The molecule has 2 N–H and O–H groups in total. The van der Waals surface area contributed by atoms with Crippen molar-refractivity contribution in [3.05, 3.63) is 69.8 Å². The van der Waals surface area contributed by atoms with Crippen LogP contribution in [0.5, 0.6) is 5.75 Å². The van der Waals surface area contributed by atoms with Gasteiger partial charge in [0.1, 0.15) is 5.75 Å². The van der Waals surface area contributed by atoms with Gasteiger partial charge in [-0.05, 0) is 6.07 Å². The Labute approximate surface area is 118 Å². The zero-order valence-corrected chi connectivity index (χ0v) is 10.6. The molecule has 7 nitrogen and oxygen atoms in total. The number of nitro groups is 1. The minimum absolute atomic E-state index is 0.00445. The number of hydrogen-bond acceptors (Lipinski definition) is 5. The van der Waals surface area contributed by atoms with Crippen molar-refractivity contribution in [2.75, 3.05) is 0 Å². The van der Waals surface area contributed by atoms with E-state index in [9.17, 15) is 20.0 Å². The van der Waals surface area contributed by atoms with Crippen LogP contribution >= 0.6 is 0 Å². The Morgan fingerprint density at radius 1 is 1.19 bits per heavy atom. The summed E-state index contributed by atoms with van der Waals surface area (Å²) in [5.41, 5.74) is 0.129. The zero-order valence-electron chi connectivity index (χ0n) is 10.6.